The monoisotopic (exact) mass is 599 g/mol. The molecule has 0 saturated heterocycles. The van der Waals surface area contributed by atoms with E-state index in [-0.39, 0.29) is 6.71 Å². The first-order valence-corrected chi connectivity index (χ1v) is 16.0. The molecule has 216 valence electrons. The van der Waals surface area contributed by atoms with Gasteiger partial charge in [0.25, 0.3) is 6.71 Å². The number of rotatable bonds is 1. The largest absolute Gasteiger partial charge is 0.458 e. The smallest absolute Gasteiger partial charge is 0.260 e. The van der Waals surface area contributed by atoms with E-state index in [1.165, 1.54) is 38.1 Å². The van der Waals surface area contributed by atoms with E-state index in [1.54, 1.807) is 0 Å². The van der Waals surface area contributed by atoms with Crippen molar-refractivity contribution in [3.63, 3.8) is 0 Å². The molecule has 0 saturated carbocycles. The molecule has 5 heteroatoms. The first-order valence-electron chi connectivity index (χ1n) is 16.0. The van der Waals surface area contributed by atoms with E-state index in [2.05, 4.69) is 126 Å². The molecular weight excluding hydrogens is 577 g/mol. The third-order valence-corrected chi connectivity index (χ3v) is 10.4. The minimum absolute atomic E-state index is 0.0486. The maximum atomic E-state index is 6.80. The van der Waals surface area contributed by atoms with E-state index >= 15 is 0 Å². The second kappa shape index (κ2) is 8.33. The summed E-state index contributed by atoms with van der Waals surface area (Å²) in [5, 5.41) is 7.20. The third kappa shape index (κ3) is 2.95. The normalized spacial score (nSPS) is 13.4. The lowest BCUT2D eigenvalue weighted by molar-refractivity contribution is 0.465. The van der Waals surface area contributed by atoms with E-state index in [1.807, 2.05) is 12.1 Å². The lowest BCUT2D eigenvalue weighted by Gasteiger charge is -2.33. The topological polar surface area (TPSA) is 36.0 Å². The highest BCUT2D eigenvalue weighted by Crippen LogP contribution is 2.45. The average molecular weight is 599 g/mol. The van der Waals surface area contributed by atoms with Crippen LogP contribution in [0.3, 0.4) is 0 Å². The van der Waals surface area contributed by atoms with Crippen LogP contribution in [-0.4, -0.2) is 11.1 Å². The SMILES string of the molecule is c1ccc2c(c1)Oc1cc(-c3cccc4c3oc3cc5c6cccc7c8ccccc8n(c5cc34)c76)cc3c1B2c1ccccc1O3. The van der Waals surface area contributed by atoms with E-state index in [9.17, 15) is 0 Å². The first-order chi connectivity index (χ1) is 23.3. The Balaban J connectivity index is 1.11. The quantitative estimate of drug-likeness (QED) is 0.177. The molecule has 0 N–H and O–H groups in total. The van der Waals surface area contributed by atoms with Gasteiger partial charge in [-0.1, -0.05) is 91.0 Å². The van der Waals surface area contributed by atoms with E-state index in [0.717, 1.165) is 72.5 Å². The van der Waals surface area contributed by atoms with Crippen LogP contribution in [0, 0.1) is 0 Å². The summed E-state index contributed by atoms with van der Waals surface area (Å²) in [5.74, 6) is 3.41. The van der Waals surface area contributed by atoms with Crippen molar-refractivity contribution in [3.8, 4) is 34.1 Å². The maximum absolute atomic E-state index is 6.80. The van der Waals surface area contributed by atoms with Crippen LogP contribution in [0.1, 0.15) is 0 Å². The highest BCUT2D eigenvalue weighted by atomic mass is 16.5. The summed E-state index contributed by atoms with van der Waals surface area (Å²) in [6.07, 6.45) is 0. The minimum Gasteiger partial charge on any atom is -0.458 e. The van der Waals surface area contributed by atoms with Crippen molar-refractivity contribution in [2.75, 3.05) is 0 Å². The zero-order valence-electron chi connectivity index (χ0n) is 25.0. The summed E-state index contributed by atoms with van der Waals surface area (Å²) in [4.78, 5) is 0. The van der Waals surface area contributed by atoms with Crippen LogP contribution in [0.15, 0.2) is 138 Å². The van der Waals surface area contributed by atoms with Gasteiger partial charge in [-0.15, -0.1) is 0 Å². The van der Waals surface area contributed by atoms with Gasteiger partial charge in [-0.25, -0.2) is 0 Å². The number of benzene rings is 7. The van der Waals surface area contributed by atoms with Gasteiger partial charge in [0.2, 0.25) is 0 Å². The number of hydrogen-bond acceptors (Lipinski definition) is 3. The van der Waals surface area contributed by atoms with Gasteiger partial charge < -0.3 is 18.3 Å². The van der Waals surface area contributed by atoms with Crippen LogP contribution >= 0.6 is 0 Å². The fourth-order valence-electron chi connectivity index (χ4n) is 8.50. The van der Waals surface area contributed by atoms with Crippen molar-refractivity contribution in [1.82, 2.24) is 4.40 Å². The number of hydrogen-bond donors (Lipinski definition) is 0. The molecule has 3 aromatic heterocycles. The van der Waals surface area contributed by atoms with Crippen LogP contribution in [-0.2, 0) is 0 Å². The summed E-state index contributed by atoms with van der Waals surface area (Å²) in [5.41, 5.74) is 10.8. The molecule has 10 aromatic rings. The molecule has 2 aliphatic rings. The summed E-state index contributed by atoms with van der Waals surface area (Å²) in [7, 11) is 0. The number of fused-ring (bicyclic) bond motifs is 13. The fourth-order valence-corrected chi connectivity index (χ4v) is 8.50. The maximum Gasteiger partial charge on any atom is 0.260 e. The Hall–Kier alpha value is -6.20. The van der Waals surface area contributed by atoms with Gasteiger partial charge >= 0.3 is 0 Å². The van der Waals surface area contributed by atoms with Crippen LogP contribution < -0.4 is 25.9 Å². The number of ether oxygens (including phenoxy) is 2. The third-order valence-electron chi connectivity index (χ3n) is 10.4. The molecule has 0 aliphatic carbocycles. The Bertz CT molecular complexity index is 2920. The van der Waals surface area contributed by atoms with Gasteiger partial charge in [-0.05, 0) is 59.0 Å². The summed E-state index contributed by atoms with van der Waals surface area (Å²) in [6, 6.07) is 47.3. The van der Waals surface area contributed by atoms with E-state index < -0.39 is 0 Å². The lowest BCUT2D eigenvalue weighted by atomic mass is 9.35. The molecule has 0 radical (unpaired) electrons. The molecule has 0 atom stereocenters. The first kappa shape index (κ1) is 24.1. The molecular formula is C42H22BNO3. The van der Waals surface area contributed by atoms with Crippen molar-refractivity contribution in [1.29, 1.82) is 0 Å². The van der Waals surface area contributed by atoms with Gasteiger partial charge in [-0.2, -0.15) is 0 Å². The zero-order chi connectivity index (χ0) is 30.4. The molecule has 0 unspecified atom stereocenters. The van der Waals surface area contributed by atoms with Crippen LogP contribution in [0.5, 0.6) is 23.0 Å². The van der Waals surface area contributed by atoms with Crippen molar-refractivity contribution >= 4 is 83.1 Å². The lowest BCUT2D eigenvalue weighted by Crippen LogP contribution is -2.57. The van der Waals surface area contributed by atoms with Crippen molar-refractivity contribution < 1.29 is 13.9 Å². The Morgan fingerprint density at radius 2 is 1.11 bits per heavy atom. The number of aromatic nitrogens is 1. The number of nitrogens with zero attached hydrogens (tertiary/aromatic N) is 1. The van der Waals surface area contributed by atoms with Gasteiger partial charge in [0.15, 0.2) is 0 Å². The van der Waals surface area contributed by atoms with Crippen LogP contribution in [0.4, 0.5) is 0 Å². The summed E-state index contributed by atoms with van der Waals surface area (Å²) < 4.78 is 22.4. The van der Waals surface area contributed by atoms with Gasteiger partial charge in [0, 0.05) is 43.3 Å². The number of para-hydroxylation sites is 5. The minimum atomic E-state index is 0.0486. The predicted octanol–water partition coefficient (Wildman–Crippen LogP) is 9.13. The predicted molar refractivity (Wildman–Crippen MR) is 192 cm³/mol. The average Bonchev–Trinajstić information content (AvgIpc) is 3.77. The van der Waals surface area contributed by atoms with E-state index in [4.69, 9.17) is 13.9 Å². The molecule has 4 nitrogen and oxygen atoms in total. The van der Waals surface area contributed by atoms with E-state index in [0.29, 0.717) is 0 Å². The second-order valence-corrected chi connectivity index (χ2v) is 12.8. The second-order valence-electron chi connectivity index (χ2n) is 12.8. The highest BCUT2D eigenvalue weighted by Gasteiger charge is 2.40. The summed E-state index contributed by atoms with van der Waals surface area (Å²) in [6.45, 7) is 0.0486. The molecule has 0 amide bonds. The Morgan fingerprint density at radius 3 is 1.89 bits per heavy atom. The zero-order valence-corrected chi connectivity index (χ0v) is 25.0. The van der Waals surface area contributed by atoms with Crippen molar-refractivity contribution in [3.05, 3.63) is 133 Å². The molecule has 47 heavy (non-hydrogen) atoms. The van der Waals surface area contributed by atoms with Gasteiger partial charge in [0.05, 0.1) is 16.6 Å². The van der Waals surface area contributed by atoms with Crippen molar-refractivity contribution in [2.24, 2.45) is 0 Å². The molecule has 5 heterocycles. The van der Waals surface area contributed by atoms with Gasteiger partial charge in [0.1, 0.15) is 34.2 Å². The van der Waals surface area contributed by atoms with Gasteiger partial charge in [-0.3, -0.25) is 0 Å². The molecule has 0 bridgehead atoms. The molecule has 12 rings (SSSR count). The Labute approximate surface area is 268 Å². The van der Waals surface area contributed by atoms with Crippen molar-refractivity contribution in [2.45, 2.75) is 0 Å². The molecule has 0 spiro atoms. The molecule has 7 aromatic carbocycles. The highest BCUT2D eigenvalue weighted by molar-refractivity contribution is 6.98. The molecule has 0 fully saturated rings. The van der Waals surface area contributed by atoms with Crippen LogP contribution in [0.2, 0.25) is 0 Å². The Morgan fingerprint density at radius 1 is 0.468 bits per heavy atom. The fraction of sp³-hybridized carbons (Fsp3) is 0. The molecule has 2 aliphatic heterocycles. The Kier molecular flexibility index (Phi) is 4.27. The number of furan rings is 1. The van der Waals surface area contributed by atoms with Crippen LogP contribution in [0.25, 0.3) is 71.2 Å². The standard InChI is InChI=1S/C42H22BNO3/c1-4-16-33-25(9-1)26-11-8-12-27-29-22-37-30(21-34(29)44(33)41(26)27)28-13-7-10-24(42(28)47-37)23-19-38-40-39(20-23)46-36-18-6-3-15-32(36)43(40)31-14-2-5-17-35(31)45-38/h1-22H. The summed E-state index contributed by atoms with van der Waals surface area (Å²) >= 11 is 0.